The number of fused-ring (bicyclic) bond motifs is 2. The zero-order valence-electron chi connectivity index (χ0n) is 14.3. The summed E-state index contributed by atoms with van der Waals surface area (Å²) in [5, 5.41) is 1.16. The summed E-state index contributed by atoms with van der Waals surface area (Å²) in [5.41, 5.74) is 2.11. The molecule has 0 saturated carbocycles. The summed E-state index contributed by atoms with van der Waals surface area (Å²) < 4.78 is 0. The van der Waals surface area contributed by atoms with Crippen LogP contribution in [-0.4, -0.2) is 47.1 Å². The second kappa shape index (κ2) is 6.12. The van der Waals surface area contributed by atoms with Gasteiger partial charge in [-0.15, -0.1) is 0 Å². The number of nitrogens with zero attached hydrogens (tertiary/aromatic N) is 4. The van der Waals surface area contributed by atoms with Crippen molar-refractivity contribution in [2.24, 2.45) is 0 Å². The molecule has 1 atom stereocenters. The maximum atomic E-state index is 5.01. The van der Waals surface area contributed by atoms with Crippen LogP contribution >= 0.6 is 0 Å². The van der Waals surface area contributed by atoms with Gasteiger partial charge in [-0.3, -0.25) is 4.90 Å². The van der Waals surface area contributed by atoms with Gasteiger partial charge < -0.3 is 4.90 Å². The molecule has 5 rings (SSSR count). The molecule has 0 radical (unpaired) electrons. The van der Waals surface area contributed by atoms with E-state index in [0.29, 0.717) is 6.04 Å². The predicted octanol–water partition coefficient (Wildman–Crippen LogP) is 3.58. The van der Waals surface area contributed by atoms with Gasteiger partial charge in [-0.2, -0.15) is 0 Å². The summed E-state index contributed by atoms with van der Waals surface area (Å²) in [5.74, 6) is 1.92. The Hall–Kier alpha value is -2.46. The number of para-hydroxylation sites is 1. The van der Waals surface area contributed by atoms with Crippen LogP contribution in [-0.2, 0) is 0 Å². The van der Waals surface area contributed by atoms with E-state index in [1.54, 1.807) is 0 Å². The van der Waals surface area contributed by atoms with Crippen LogP contribution in [0.5, 0.6) is 0 Å². The second-order valence-electron chi connectivity index (χ2n) is 7.03. The topological polar surface area (TPSA) is 32.3 Å². The van der Waals surface area contributed by atoms with Crippen molar-refractivity contribution in [1.29, 1.82) is 0 Å². The lowest BCUT2D eigenvalue weighted by Crippen LogP contribution is -2.50. The van der Waals surface area contributed by atoms with Gasteiger partial charge in [-0.05, 0) is 31.5 Å². The molecule has 4 heteroatoms. The molecule has 1 unspecified atom stereocenters. The van der Waals surface area contributed by atoms with E-state index in [0.717, 1.165) is 47.7 Å². The molecule has 3 heterocycles. The second-order valence-corrected chi connectivity index (χ2v) is 7.03. The van der Waals surface area contributed by atoms with Crippen molar-refractivity contribution in [2.75, 3.05) is 31.1 Å². The van der Waals surface area contributed by atoms with Gasteiger partial charge in [-0.1, -0.05) is 42.5 Å². The normalized spacial score (nSPS) is 20.8. The minimum absolute atomic E-state index is 0.683. The van der Waals surface area contributed by atoms with Crippen LogP contribution in [0.4, 0.5) is 5.82 Å². The van der Waals surface area contributed by atoms with Gasteiger partial charge in [0, 0.05) is 36.6 Å². The molecule has 0 spiro atoms. The van der Waals surface area contributed by atoms with Crippen LogP contribution in [0.25, 0.3) is 22.3 Å². The standard InChI is InChI=1S/C21H22N4/c1-2-7-16(8-3-1)20-22-19-11-5-4-10-18(19)21(23-20)25-14-13-24-12-6-9-17(24)15-25/h1-5,7-8,10-11,17H,6,9,12-15H2. The molecule has 0 bridgehead atoms. The van der Waals surface area contributed by atoms with Crippen molar-refractivity contribution in [3.05, 3.63) is 54.6 Å². The largest absolute Gasteiger partial charge is 0.353 e. The molecule has 1 aromatic heterocycles. The Labute approximate surface area is 148 Å². The zero-order valence-corrected chi connectivity index (χ0v) is 14.3. The number of piperazine rings is 1. The van der Waals surface area contributed by atoms with Crippen molar-refractivity contribution in [2.45, 2.75) is 18.9 Å². The van der Waals surface area contributed by atoms with Gasteiger partial charge in [0.1, 0.15) is 5.82 Å². The summed E-state index contributed by atoms with van der Waals surface area (Å²) in [4.78, 5) is 14.9. The van der Waals surface area contributed by atoms with Crippen LogP contribution in [0.3, 0.4) is 0 Å². The first-order valence-electron chi connectivity index (χ1n) is 9.20. The number of hydrogen-bond acceptors (Lipinski definition) is 4. The SMILES string of the molecule is c1ccc(-c2nc(N3CCN4CCCC4C3)c3ccccc3n2)cc1. The van der Waals surface area contributed by atoms with Crippen molar-refractivity contribution < 1.29 is 0 Å². The number of rotatable bonds is 2. The lowest BCUT2D eigenvalue weighted by Gasteiger charge is -2.38. The minimum atomic E-state index is 0.683. The molecular weight excluding hydrogens is 308 g/mol. The molecule has 2 fully saturated rings. The van der Waals surface area contributed by atoms with Crippen LogP contribution in [0.15, 0.2) is 54.6 Å². The molecule has 126 valence electrons. The summed E-state index contributed by atoms with van der Waals surface area (Å²) in [6, 6.07) is 19.4. The summed E-state index contributed by atoms with van der Waals surface area (Å²) >= 11 is 0. The number of aromatic nitrogens is 2. The first-order chi connectivity index (χ1) is 12.4. The van der Waals surface area contributed by atoms with Gasteiger partial charge in [-0.25, -0.2) is 9.97 Å². The Balaban J connectivity index is 1.61. The van der Waals surface area contributed by atoms with E-state index >= 15 is 0 Å². The van der Waals surface area contributed by atoms with Crippen molar-refractivity contribution in [3.63, 3.8) is 0 Å². The highest BCUT2D eigenvalue weighted by atomic mass is 15.3. The Morgan fingerprint density at radius 1 is 0.840 bits per heavy atom. The molecule has 2 aliphatic heterocycles. The highest BCUT2D eigenvalue weighted by molar-refractivity contribution is 5.91. The monoisotopic (exact) mass is 330 g/mol. The molecule has 2 saturated heterocycles. The quantitative estimate of drug-likeness (QED) is 0.719. The van der Waals surface area contributed by atoms with E-state index in [4.69, 9.17) is 9.97 Å². The fraction of sp³-hybridized carbons (Fsp3) is 0.333. The minimum Gasteiger partial charge on any atom is -0.353 e. The number of anilines is 1. The molecule has 4 nitrogen and oxygen atoms in total. The smallest absolute Gasteiger partial charge is 0.162 e. The predicted molar refractivity (Wildman–Crippen MR) is 102 cm³/mol. The van der Waals surface area contributed by atoms with Crippen LogP contribution in [0, 0.1) is 0 Å². The molecule has 0 amide bonds. The zero-order chi connectivity index (χ0) is 16.6. The van der Waals surface area contributed by atoms with E-state index in [1.807, 2.05) is 18.2 Å². The van der Waals surface area contributed by atoms with E-state index in [9.17, 15) is 0 Å². The Morgan fingerprint density at radius 2 is 1.68 bits per heavy atom. The van der Waals surface area contributed by atoms with E-state index in [-0.39, 0.29) is 0 Å². The molecule has 0 N–H and O–H groups in total. The lowest BCUT2D eigenvalue weighted by atomic mass is 10.1. The Bertz CT molecular complexity index is 893. The van der Waals surface area contributed by atoms with Crippen LogP contribution < -0.4 is 4.90 Å². The number of hydrogen-bond donors (Lipinski definition) is 0. The summed E-state index contributed by atoms with van der Waals surface area (Å²) in [6.07, 6.45) is 2.64. The van der Waals surface area contributed by atoms with Crippen LogP contribution in [0.1, 0.15) is 12.8 Å². The van der Waals surface area contributed by atoms with E-state index < -0.39 is 0 Å². The summed E-state index contributed by atoms with van der Waals surface area (Å²) in [7, 11) is 0. The number of benzene rings is 2. The van der Waals surface area contributed by atoms with Crippen molar-refractivity contribution in [3.8, 4) is 11.4 Å². The average Bonchev–Trinajstić information content (AvgIpc) is 3.15. The van der Waals surface area contributed by atoms with Crippen molar-refractivity contribution in [1.82, 2.24) is 14.9 Å². The van der Waals surface area contributed by atoms with Gasteiger partial charge >= 0.3 is 0 Å². The fourth-order valence-corrected chi connectivity index (χ4v) is 4.20. The first kappa shape index (κ1) is 14.8. The Morgan fingerprint density at radius 3 is 2.60 bits per heavy atom. The molecule has 2 aliphatic rings. The van der Waals surface area contributed by atoms with Gasteiger partial charge in [0.2, 0.25) is 0 Å². The van der Waals surface area contributed by atoms with Gasteiger partial charge in [0.15, 0.2) is 5.82 Å². The van der Waals surface area contributed by atoms with E-state index in [2.05, 4.69) is 46.2 Å². The molecule has 25 heavy (non-hydrogen) atoms. The average molecular weight is 330 g/mol. The first-order valence-corrected chi connectivity index (χ1v) is 9.20. The Kier molecular flexibility index (Phi) is 3.63. The van der Waals surface area contributed by atoms with Gasteiger partial charge in [0.05, 0.1) is 5.52 Å². The highest BCUT2D eigenvalue weighted by Crippen LogP contribution is 2.30. The maximum absolute atomic E-state index is 5.01. The lowest BCUT2D eigenvalue weighted by molar-refractivity contribution is 0.230. The van der Waals surface area contributed by atoms with Crippen molar-refractivity contribution >= 4 is 16.7 Å². The van der Waals surface area contributed by atoms with E-state index in [1.165, 1.54) is 19.4 Å². The van der Waals surface area contributed by atoms with Gasteiger partial charge in [0.25, 0.3) is 0 Å². The third-order valence-electron chi connectivity index (χ3n) is 5.50. The summed E-state index contributed by atoms with van der Waals surface area (Å²) in [6.45, 7) is 4.53. The molecule has 0 aliphatic carbocycles. The van der Waals surface area contributed by atoms with Crippen LogP contribution in [0.2, 0.25) is 0 Å². The highest BCUT2D eigenvalue weighted by Gasteiger charge is 2.31. The maximum Gasteiger partial charge on any atom is 0.162 e. The third-order valence-corrected chi connectivity index (χ3v) is 5.50. The molecule has 2 aromatic carbocycles. The third kappa shape index (κ3) is 2.67. The molecular formula is C21H22N4. The molecule has 3 aromatic rings. The fourth-order valence-electron chi connectivity index (χ4n) is 4.20.